The van der Waals surface area contributed by atoms with Crippen LogP contribution in [0, 0.1) is 0 Å². The number of nitrogens with zero attached hydrogens (tertiary/aromatic N) is 1. The van der Waals surface area contributed by atoms with E-state index in [0.717, 1.165) is 35.5 Å². The molecule has 1 aromatic carbocycles. The van der Waals surface area contributed by atoms with Gasteiger partial charge < -0.3 is 15.0 Å². The van der Waals surface area contributed by atoms with Crippen LogP contribution in [0.25, 0.3) is 0 Å². The summed E-state index contributed by atoms with van der Waals surface area (Å²) in [5.41, 5.74) is 2.67. The number of Topliss-reactive ketones (excluding diaryl/α,β-unsaturated/α-hetero) is 1. The van der Waals surface area contributed by atoms with Crippen molar-refractivity contribution < 1.29 is 9.53 Å². The maximum atomic E-state index is 12.2. The molecule has 0 aromatic heterocycles. The largest absolute Gasteiger partial charge is 0.497 e. The van der Waals surface area contributed by atoms with E-state index in [4.69, 9.17) is 17.0 Å². The smallest absolute Gasteiger partial charge is 0.173 e. The first-order chi connectivity index (χ1) is 10.5. The van der Waals surface area contributed by atoms with E-state index in [1.165, 1.54) is 0 Å². The Morgan fingerprint density at radius 1 is 1.45 bits per heavy atom. The molecule has 1 N–H and O–H groups in total. The van der Waals surface area contributed by atoms with E-state index in [0.29, 0.717) is 5.11 Å². The summed E-state index contributed by atoms with van der Waals surface area (Å²) in [7, 11) is 1.63. The molecule has 0 fully saturated rings. The first-order valence-electron chi connectivity index (χ1n) is 7.43. The van der Waals surface area contributed by atoms with Crippen LogP contribution >= 0.6 is 12.2 Å². The number of nitrogens with one attached hydrogen (secondary N) is 1. The summed E-state index contributed by atoms with van der Waals surface area (Å²) in [6, 6.07) is 7.50. The van der Waals surface area contributed by atoms with Crippen LogP contribution in [-0.4, -0.2) is 29.5 Å². The van der Waals surface area contributed by atoms with Crippen molar-refractivity contribution in [2.24, 2.45) is 0 Å². The van der Waals surface area contributed by atoms with Crippen LogP contribution < -0.4 is 10.1 Å². The van der Waals surface area contributed by atoms with Crippen molar-refractivity contribution in [3.63, 3.8) is 0 Å². The summed E-state index contributed by atoms with van der Waals surface area (Å²) < 4.78 is 5.28. The highest BCUT2D eigenvalue weighted by Gasteiger charge is 2.31. The Bertz CT molecular complexity index is 625. The number of carbonyl (C=O) groups excluding carboxylic acids is 1. The highest BCUT2D eigenvalue weighted by Crippen LogP contribution is 2.32. The topological polar surface area (TPSA) is 41.6 Å². The molecule has 1 aliphatic heterocycles. The molecule has 1 heterocycles. The molecule has 1 aliphatic rings. The maximum Gasteiger partial charge on any atom is 0.173 e. The third-order valence-corrected chi connectivity index (χ3v) is 4.19. The van der Waals surface area contributed by atoms with E-state index < -0.39 is 0 Å². The third-order valence-electron chi connectivity index (χ3n) is 3.85. The van der Waals surface area contributed by atoms with Gasteiger partial charge in [0.15, 0.2) is 10.9 Å². The number of rotatable bonds is 5. The maximum absolute atomic E-state index is 12.2. The van der Waals surface area contributed by atoms with E-state index in [2.05, 4.69) is 12.2 Å². The number of ether oxygens (including phenoxy) is 1. The molecule has 22 heavy (non-hydrogen) atoms. The second kappa shape index (κ2) is 6.92. The Balaban J connectivity index is 2.50. The summed E-state index contributed by atoms with van der Waals surface area (Å²) in [5.74, 6) is 0.822. The van der Waals surface area contributed by atoms with Gasteiger partial charge in [0, 0.05) is 17.8 Å². The molecule has 2 rings (SSSR count). The number of carbonyl (C=O) groups is 1. The lowest BCUT2D eigenvalue weighted by Crippen LogP contribution is -2.47. The number of ketones is 1. The molecule has 0 spiro atoms. The molecule has 5 heteroatoms. The Morgan fingerprint density at radius 2 is 2.18 bits per heavy atom. The van der Waals surface area contributed by atoms with Gasteiger partial charge in [-0.25, -0.2) is 0 Å². The van der Waals surface area contributed by atoms with Gasteiger partial charge in [-0.05, 0) is 50.2 Å². The van der Waals surface area contributed by atoms with Crippen LogP contribution in [0.3, 0.4) is 0 Å². The molecule has 4 nitrogen and oxygen atoms in total. The number of hydrogen-bond donors (Lipinski definition) is 1. The standard InChI is InChI=1S/C17H22N2O2S/c1-5-9-19-11(2)15(12(3)20)16(18-17(19)22)13-7-6-8-14(10-13)21-4/h6-8,10,16H,5,9H2,1-4H3,(H,18,22). The highest BCUT2D eigenvalue weighted by atomic mass is 32.1. The zero-order valence-corrected chi connectivity index (χ0v) is 14.3. The Hall–Kier alpha value is -1.88. The number of hydrogen-bond acceptors (Lipinski definition) is 3. The number of methoxy groups -OCH3 is 1. The molecule has 0 amide bonds. The van der Waals surface area contributed by atoms with Crippen molar-refractivity contribution in [1.82, 2.24) is 10.2 Å². The van der Waals surface area contributed by atoms with Gasteiger partial charge in [-0.1, -0.05) is 19.1 Å². The van der Waals surface area contributed by atoms with Gasteiger partial charge in [0.2, 0.25) is 0 Å². The Morgan fingerprint density at radius 3 is 2.77 bits per heavy atom. The van der Waals surface area contributed by atoms with Gasteiger partial charge >= 0.3 is 0 Å². The molecular weight excluding hydrogens is 296 g/mol. The summed E-state index contributed by atoms with van der Waals surface area (Å²) in [6.45, 7) is 6.47. The minimum atomic E-state index is -0.229. The van der Waals surface area contributed by atoms with Gasteiger partial charge in [0.1, 0.15) is 5.75 Å². The Labute approximate surface area is 137 Å². The lowest BCUT2D eigenvalue weighted by Gasteiger charge is -2.37. The van der Waals surface area contributed by atoms with Crippen molar-refractivity contribution in [3.8, 4) is 5.75 Å². The predicted molar refractivity (Wildman–Crippen MR) is 91.8 cm³/mol. The third kappa shape index (κ3) is 3.14. The van der Waals surface area contributed by atoms with E-state index in [9.17, 15) is 4.79 Å². The van der Waals surface area contributed by atoms with Gasteiger partial charge in [-0.15, -0.1) is 0 Å². The van der Waals surface area contributed by atoms with Crippen LogP contribution in [0.5, 0.6) is 5.75 Å². The van der Waals surface area contributed by atoms with Crippen LogP contribution in [-0.2, 0) is 4.79 Å². The van der Waals surface area contributed by atoms with Crippen LogP contribution in [0.2, 0.25) is 0 Å². The van der Waals surface area contributed by atoms with Gasteiger partial charge in [0.25, 0.3) is 0 Å². The average molecular weight is 318 g/mol. The minimum Gasteiger partial charge on any atom is -0.497 e. The first kappa shape index (κ1) is 16.5. The van der Waals surface area contributed by atoms with E-state index in [1.807, 2.05) is 36.1 Å². The summed E-state index contributed by atoms with van der Waals surface area (Å²) >= 11 is 5.49. The van der Waals surface area contributed by atoms with E-state index in [1.54, 1.807) is 14.0 Å². The molecular formula is C17H22N2O2S. The summed E-state index contributed by atoms with van der Waals surface area (Å²) in [4.78, 5) is 14.2. The molecule has 1 atom stereocenters. The van der Waals surface area contributed by atoms with Crippen molar-refractivity contribution in [3.05, 3.63) is 41.1 Å². The zero-order valence-electron chi connectivity index (χ0n) is 13.5. The van der Waals surface area contributed by atoms with E-state index in [-0.39, 0.29) is 11.8 Å². The van der Waals surface area contributed by atoms with Gasteiger partial charge in [-0.3, -0.25) is 4.79 Å². The van der Waals surface area contributed by atoms with Crippen LogP contribution in [0.4, 0.5) is 0 Å². The second-order valence-electron chi connectivity index (χ2n) is 5.37. The highest BCUT2D eigenvalue weighted by molar-refractivity contribution is 7.80. The normalized spacial score (nSPS) is 18.3. The first-order valence-corrected chi connectivity index (χ1v) is 7.84. The van der Waals surface area contributed by atoms with Gasteiger partial charge in [-0.2, -0.15) is 0 Å². The fourth-order valence-corrected chi connectivity index (χ4v) is 3.15. The molecule has 1 aromatic rings. The van der Waals surface area contributed by atoms with Crippen LogP contribution in [0.1, 0.15) is 38.8 Å². The molecule has 0 saturated carbocycles. The minimum absolute atomic E-state index is 0.0569. The fourth-order valence-electron chi connectivity index (χ4n) is 2.80. The molecule has 118 valence electrons. The number of allylic oxidation sites excluding steroid dienone is 1. The quantitative estimate of drug-likeness (QED) is 0.845. The predicted octanol–water partition coefficient (Wildman–Crippen LogP) is 3.20. The lowest BCUT2D eigenvalue weighted by atomic mass is 9.92. The summed E-state index contributed by atoms with van der Waals surface area (Å²) in [5, 5.41) is 3.97. The van der Waals surface area contributed by atoms with Crippen molar-refractivity contribution in [2.45, 2.75) is 33.2 Å². The van der Waals surface area contributed by atoms with E-state index >= 15 is 0 Å². The molecule has 0 saturated heterocycles. The van der Waals surface area contributed by atoms with Crippen molar-refractivity contribution >= 4 is 23.1 Å². The number of benzene rings is 1. The Kier molecular flexibility index (Phi) is 5.19. The second-order valence-corrected chi connectivity index (χ2v) is 5.75. The molecule has 0 aliphatic carbocycles. The van der Waals surface area contributed by atoms with Gasteiger partial charge in [0.05, 0.1) is 13.2 Å². The lowest BCUT2D eigenvalue weighted by molar-refractivity contribution is -0.114. The molecule has 0 bridgehead atoms. The number of thiocarbonyl (C=S) groups is 1. The van der Waals surface area contributed by atoms with Crippen molar-refractivity contribution in [1.29, 1.82) is 0 Å². The fraction of sp³-hybridized carbons (Fsp3) is 0.412. The molecule has 1 unspecified atom stereocenters. The zero-order chi connectivity index (χ0) is 16.3. The average Bonchev–Trinajstić information content (AvgIpc) is 2.50. The van der Waals surface area contributed by atoms with Crippen LogP contribution in [0.15, 0.2) is 35.5 Å². The van der Waals surface area contributed by atoms with Crippen molar-refractivity contribution in [2.75, 3.05) is 13.7 Å². The SMILES string of the molecule is CCCN1C(=S)NC(c2cccc(OC)c2)C(C(C)=O)=C1C. The molecule has 0 radical (unpaired) electrons. The monoisotopic (exact) mass is 318 g/mol. The summed E-state index contributed by atoms with van der Waals surface area (Å²) in [6.07, 6.45) is 0.966.